The molecule has 0 aliphatic rings. The van der Waals surface area contributed by atoms with Crippen molar-refractivity contribution in [2.24, 2.45) is 0 Å². The maximum atomic E-state index is 11.9. The molecule has 0 saturated carbocycles. The fourth-order valence-electron chi connectivity index (χ4n) is 1.69. The van der Waals surface area contributed by atoms with Crippen molar-refractivity contribution in [3.05, 3.63) is 46.7 Å². The Morgan fingerprint density at radius 3 is 2.52 bits per heavy atom. The SMILES string of the molecule is CCCNC(=O)Nc1cccc(NC(=O)c2cccs2)c1. The molecule has 0 spiro atoms. The number of anilines is 2. The fraction of sp³-hybridized carbons (Fsp3) is 0.200. The Bertz CT molecular complexity index is 611. The van der Waals surface area contributed by atoms with Crippen molar-refractivity contribution in [3.8, 4) is 0 Å². The molecule has 0 bridgehead atoms. The molecular formula is C15H17N3O2S. The summed E-state index contributed by atoms with van der Waals surface area (Å²) < 4.78 is 0. The number of carbonyl (C=O) groups excluding carboxylic acids is 2. The van der Waals surface area contributed by atoms with Crippen molar-refractivity contribution in [2.45, 2.75) is 13.3 Å². The van der Waals surface area contributed by atoms with Crippen molar-refractivity contribution in [3.63, 3.8) is 0 Å². The Morgan fingerprint density at radius 1 is 1.10 bits per heavy atom. The number of nitrogens with one attached hydrogen (secondary N) is 3. The summed E-state index contributed by atoms with van der Waals surface area (Å²) in [5, 5.41) is 10.1. The van der Waals surface area contributed by atoms with Gasteiger partial charge in [-0.25, -0.2) is 4.79 Å². The van der Waals surface area contributed by atoms with Crippen LogP contribution in [-0.4, -0.2) is 18.5 Å². The molecule has 0 atom stereocenters. The monoisotopic (exact) mass is 303 g/mol. The molecule has 5 nitrogen and oxygen atoms in total. The average molecular weight is 303 g/mol. The van der Waals surface area contributed by atoms with E-state index < -0.39 is 0 Å². The van der Waals surface area contributed by atoms with Crippen LogP contribution in [0.25, 0.3) is 0 Å². The predicted octanol–water partition coefficient (Wildman–Crippen LogP) is 3.53. The van der Waals surface area contributed by atoms with E-state index in [1.54, 1.807) is 30.3 Å². The Hall–Kier alpha value is -2.34. The number of carbonyl (C=O) groups is 2. The third-order valence-corrected chi connectivity index (χ3v) is 3.53. The molecule has 1 heterocycles. The van der Waals surface area contributed by atoms with Gasteiger partial charge in [0.2, 0.25) is 0 Å². The quantitative estimate of drug-likeness (QED) is 0.790. The number of urea groups is 1. The predicted molar refractivity (Wildman–Crippen MR) is 86.0 cm³/mol. The molecule has 2 aromatic rings. The second-order valence-electron chi connectivity index (χ2n) is 4.39. The molecular weight excluding hydrogens is 286 g/mol. The lowest BCUT2D eigenvalue weighted by atomic mass is 10.2. The van der Waals surface area contributed by atoms with Gasteiger partial charge >= 0.3 is 6.03 Å². The van der Waals surface area contributed by atoms with E-state index >= 15 is 0 Å². The molecule has 1 aromatic carbocycles. The van der Waals surface area contributed by atoms with Gasteiger partial charge in [-0.05, 0) is 36.1 Å². The number of hydrogen-bond donors (Lipinski definition) is 3. The van der Waals surface area contributed by atoms with E-state index in [2.05, 4.69) is 16.0 Å². The highest BCUT2D eigenvalue weighted by molar-refractivity contribution is 7.12. The van der Waals surface area contributed by atoms with Crippen molar-refractivity contribution in [1.82, 2.24) is 5.32 Å². The number of amides is 3. The molecule has 0 unspecified atom stereocenters. The van der Waals surface area contributed by atoms with Crippen molar-refractivity contribution in [1.29, 1.82) is 0 Å². The lowest BCUT2D eigenvalue weighted by Gasteiger charge is -2.09. The summed E-state index contributed by atoms with van der Waals surface area (Å²) in [6.07, 6.45) is 0.879. The first-order valence-electron chi connectivity index (χ1n) is 6.69. The van der Waals surface area contributed by atoms with Crippen molar-refractivity contribution >= 4 is 34.6 Å². The zero-order chi connectivity index (χ0) is 15.1. The Kier molecular flexibility index (Phi) is 5.34. The van der Waals surface area contributed by atoms with Crippen LogP contribution < -0.4 is 16.0 Å². The Morgan fingerprint density at radius 2 is 1.86 bits per heavy atom. The van der Waals surface area contributed by atoms with Crippen molar-refractivity contribution in [2.75, 3.05) is 17.2 Å². The van der Waals surface area contributed by atoms with Crippen LogP contribution in [-0.2, 0) is 0 Å². The van der Waals surface area contributed by atoms with Gasteiger partial charge in [-0.3, -0.25) is 4.79 Å². The Balaban J connectivity index is 1.97. The molecule has 110 valence electrons. The maximum Gasteiger partial charge on any atom is 0.319 e. The zero-order valence-corrected chi connectivity index (χ0v) is 12.5. The molecule has 3 amide bonds. The normalized spacial score (nSPS) is 9.95. The van der Waals surface area contributed by atoms with Gasteiger partial charge in [0.05, 0.1) is 4.88 Å². The second-order valence-corrected chi connectivity index (χ2v) is 5.34. The molecule has 1 aromatic heterocycles. The summed E-state index contributed by atoms with van der Waals surface area (Å²) in [7, 11) is 0. The molecule has 0 aliphatic heterocycles. The maximum absolute atomic E-state index is 11.9. The van der Waals surface area contributed by atoms with Gasteiger partial charge in [0.1, 0.15) is 0 Å². The highest BCUT2D eigenvalue weighted by Crippen LogP contribution is 2.17. The van der Waals surface area contributed by atoms with Crippen LogP contribution in [0.15, 0.2) is 41.8 Å². The van der Waals surface area contributed by atoms with E-state index in [0.717, 1.165) is 6.42 Å². The van der Waals surface area contributed by atoms with E-state index in [1.807, 2.05) is 18.4 Å². The average Bonchev–Trinajstić information content (AvgIpc) is 3.00. The first-order chi connectivity index (χ1) is 10.2. The lowest BCUT2D eigenvalue weighted by molar-refractivity contribution is 0.103. The molecule has 3 N–H and O–H groups in total. The van der Waals surface area contributed by atoms with Crippen LogP contribution in [0.2, 0.25) is 0 Å². The van der Waals surface area contributed by atoms with E-state index in [1.165, 1.54) is 11.3 Å². The van der Waals surface area contributed by atoms with Gasteiger partial charge in [0, 0.05) is 17.9 Å². The third-order valence-electron chi connectivity index (χ3n) is 2.66. The summed E-state index contributed by atoms with van der Waals surface area (Å²) in [4.78, 5) is 24.2. The van der Waals surface area contributed by atoms with Gasteiger partial charge in [0.15, 0.2) is 0 Å². The summed E-state index contributed by atoms with van der Waals surface area (Å²) in [6, 6.07) is 10.4. The summed E-state index contributed by atoms with van der Waals surface area (Å²) >= 11 is 1.38. The number of thiophene rings is 1. The van der Waals surface area contributed by atoms with Gasteiger partial charge in [-0.2, -0.15) is 0 Å². The first-order valence-corrected chi connectivity index (χ1v) is 7.57. The van der Waals surface area contributed by atoms with E-state index in [-0.39, 0.29) is 11.9 Å². The van der Waals surface area contributed by atoms with Crippen molar-refractivity contribution < 1.29 is 9.59 Å². The molecule has 0 saturated heterocycles. The van der Waals surface area contributed by atoms with Gasteiger partial charge in [0.25, 0.3) is 5.91 Å². The standard InChI is InChI=1S/C15H17N3O2S/c1-2-8-16-15(20)18-12-6-3-5-11(10-12)17-14(19)13-7-4-9-21-13/h3-7,9-10H,2,8H2,1H3,(H,17,19)(H2,16,18,20). The minimum Gasteiger partial charge on any atom is -0.338 e. The first kappa shape index (κ1) is 15.1. The molecule has 2 rings (SSSR count). The largest absolute Gasteiger partial charge is 0.338 e. The van der Waals surface area contributed by atoms with Gasteiger partial charge in [-0.1, -0.05) is 19.1 Å². The Labute approximate surface area is 127 Å². The number of hydrogen-bond acceptors (Lipinski definition) is 3. The summed E-state index contributed by atoms with van der Waals surface area (Å²) in [5.74, 6) is -0.155. The zero-order valence-electron chi connectivity index (χ0n) is 11.7. The van der Waals surface area contributed by atoms with Gasteiger partial charge < -0.3 is 16.0 Å². The number of benzene rings is 1. The van der Waals surface area contributed by atoms with Crippen LogP contribution in [0.5, 0.6) is 0 Å². The fourth-order valence-corrected chi connectivity index (χ4v) is 2.31. The molecule has 0 fully saturated rings. The van der Waals surface area contributed by atoms with Crippen LogP contribution in [0.3, 0.4) is 0 Å². The molecule has 21 heavy (non-hydrogen) atoms. The highest BCUT2D eigenvalue weighted by Gasteiger charge is 2.07. The van der Waals surface area contributed by atoms with Crippen LogP contribution in [0.4, 0.5) is 16.2 Å². The minimum absolute atomic E-state index is 0.155. The molecule has 0 aliphatic carbocycles. The van der Waals surface area contributed by atoms with E-state index in [9.17, 15) is 9.59 Å². The van der Waals surface area contributed by atoms with Crippen LogP contribution >= 0.6 is 11.3 Å². The van der Waals surface area contributed by atoms with Crippen LogP contribution in [0, 0.1) is 0 Å². The number of rotatable bonds is 5. The summed E-state index contributed by atoms with van der Waals surface area (Å²) in [6.45, 7) is 2.61. The summed E-state index contributed by atoms with van der Waals surface area (Å²) in [5.41, 5.74) is 1.27. The van der Waals surface area contributed by atoms with Crippen LogP contribution in [0.1, 0.15) is 23.0 Å². The smallest absolute Gasteiger partial charge is 0.319 e. The van der Waals surface area contributed by atoms with E-state index in [0.29, 0.717) is 22.8 Å². The molecule has 0 radical (unpaired) electrons. The second kappa shape index (κ2) is 7.44. The topological polar surface area (TPSA) is 70.2 Å². The van der Waals surface area contributed by atoms with Gasteiger partial charge in [-0.15, -0.1) is 11.3 Å². The minimum atomic E-state index is -0.251. The highest BCUT2D eigenvalue weighted by atomic mass is 32.1. The van der Waals surface area contributed by atoms with E-state index in [4.69, 9.17) is 0 Å². The third kappa shape index (κ3) is 4.61. The lowest BCUT2D eigenvalue weighted by Crippen LogP contribution is -2.29. The molecule has 6 heteroatoms.